The Bertz CT molecular complexity index is 185. The molecule has 0 unspecified atom stereocenters. The summed E-state index contributed by atoms with van der Waals surface area (Å²) in [6, 6.07) is 0. The smallest absolute Gasteiger partial charge is 0.0181 e. The fourth-order valence-corrected chi connectivity index (χ4v) is 3.10. The molecule has 2 aliphatic rings. The lowest BCUT2D eigenvalue weighted by molar-refractivity contribution is -0.000888. The van der Waals surface area contributed by atoms with Gasteiger partial charge in [-0.1, -0.05) is 13.8 Å². The van der Waals surface area contributed by atoms with Crippen molar-refractivity contribution in [2.45, 2.75) is 58.4 Å². The number of hydrogen-bond acceptors (Lipinski definition) is 1. The van der Waals surface area contributed by atoms with Crippen molar-refractivity contribution in [2.75, 3.05) is 13.1 Å². The van der Waals surface area contributed by atoms with Crippen molar-refractivity contribution in [1.82, 2.24) is 4.90 Å². The van der Waals surface area contributed by atoms with E-state index in [0.717, 1.165) is 11.8 Å². The molecule has 0 aromatic rings. The Kier molecular flexibility index (Phi) is 2.88. The second-order valence-corrected chi connectivity index (χ2v) is 5.92. The van der Waals surface area contributed by atoms with Gasteiger partial charge in [-0.2, -0.15) is 0 Å². The van der Waals surface area contributed by atoms with Crippen LogP contribution in [0.5, 0.6) is 0 Å². The fraction of sp³-hybridized carbons (Fsp3) is 1.00. The van der Waals surface area contributed by atoms with E-state index >= 15 is 0 Å². The molecule has 1 aliphatic carbocycles. The van der Waals surface area contributed by atoms with Crippen LogP contribution in [0.15, 0.2) is 0 Å². The molecule has 2 fully saturated rings. The van der Waals surface area contributed by atoms with Crippen molar-refractivity contribution in [2.24, 2.45) is 11.8 Å². The summed E-state index contributed by atoms with van der Waals surface area (Å²) in [5.74, 6) is 1.90. The van der Waals surface area contributed by atoms with Gasteiger partial charge in [0.15, 0.2) is 0 Å². The molecule has 0 aromatic heterocycles. The molecule has 1 saturated heterocycles. The standard InChI is InChI=1S/C13H25N/c1-11(2)12-5-7-13(3,8-6-12)14-9-4-10-14/h11-12H,4-10H2,1-3H3. The van der Waals surface area contributed by atoms with E-state index in [1.807, 2.05) is 0 Å². The van der Waals surface area contributed by atoms with Crippen LogP contribution < -0.4 is 0 Å². The highest BCUT2D eigenvalue weighted by atomic mass is 15.2. The Hall–Kier alpha value is -0.0400. The third-order valence-corrected chi connectivity index (χ3v) is 4.67. The van der Waals surface area contributed by atoms with Crippen molar-refractivity contribution >= 4 is 0 Å². The average Bonchev–Trinajstić information content (AvgIpc) is 2.00. The molecule has 0 bridgehead atoms. The molecule has 1 nitrogen and oxygen atoms in total. The third-order valence-electron chi connectivity index (χ3n) is 4.67. The van der Waals surface area contributed by atoms with Crippen LogP contribution in [-0.4, -0.2) is 23.5 Å². The normalized spacial score (nSPS) is 39.9. The van der Waals surface area contributed by atoms with Crippen molar-refractivity contribution < 1.29 is 0 Å². The molecule has 0 amide bonds. The van der Waals surface area contributed by atoms with Gasteiger partial charge in [0.05, 0.1) is 0 Å². The Morgan fingerprint density at radius 3 is 2.07 bits per heavy atom. The van der Waals surface area contributed by atoms with Gasteiger partial charge in [-0.15, -0.1) is 0 Å². The van der Waals surface area contributed by atoms with Crippen LogP contribution >= 0.6 is 0 Å². The predicted molar refractivity (Wildman–Crippen MR) is 61.4 cm³/mol. The highest BCUT2D eigenvalue weighted by Gasteiger charge is 2.38. The molecule has 1 aliphatic heterocycles. The molecule has 0 spiro atoms. The van der Waals surface area contributed by atoms with E-state index in [1.54, 1.807) is 0 Å². The minimum absolute atomic E-state index is 0.573. The van der Waals surface area contributed by atoms with E-state index in [-0.39, 0.29) is 0 Å². The summed E-state index contributed by atoms with van der Waals surface area (Å²) in [7, 11) is 0. The lowest BCUT2D eigenvalue weighted by Crippen LogP contribution is -2.55. The molecule has 82 valence electrons. The van der Waals surface area contributed by atoms with E-state index in [4.69, 9.17) is 0 Å². The summed E-state index contributed by atoms with van der Waals surface area (Å²) < 4.78 is 0. The summed E-state index contributed by atoms with van der Waals surface area (Å²) in [5, 5.41) is 0. The van der Waals surface area contributed by atoms with Crippen LogP contribution in [0.1, 0.15) is 52.9 Å². The van der Waals surface area contributed by atoms with Gasteiger partial charge in [0.25, 0.3) is 0 Å². The quantitative estimate of drug-likeness (QED) is 0.653. The highest BCUT2D eigenvalue weighted by Crippen LogP contribution is 2.40. The number of nitrogens with zero attached hydrogens (tertiary/aromatic N) is 1. The van der Waals surface area contributed by atoms with Crippen LogP contribution in [-0.2, 0) is 0 Å². The van der Waals surface area contributed by atoms with Gasteiger partial charge in [0, 0.05) is 5.54 Å². The maximum Gasteiger partial charge on any atom is 0.0181 e. The Morgan fingerprint density at radius 1 is 1.14 bits per heavy atom. The lowest BCUT2D eigenvalue weighted by atomic mass is 9.72. The molecular formula is C13H25N. The zero-order valence-electron chi connectivity index (χ0n) is 10.1. The first-order chi connectivity index (χ1) is 6.62. The Labute approximate surface area is 88.9 Å². The van der Waals surface area contributed by atoms with Gasteiger partial charge < -0.3 is 0 Å². The lowest BCUT2D eigenvalue weighted by Gasteiger charge is -2.50. The van der Waals surface area contributed by atoms with Gasteiger partial charge in [0.2, 0.25) is 0 Å². The molecule has 1 heteroatoms. The van der Waals surface area contributed by atoms with E-state index < -0.39 is 0 Å². The number of rotatable bonds is 2. The minimum atomic E-state index is 0.573. The van der Waals surface area contributed by atoms with Gasteiger partial charge in [-0.05, 0) is 64.0 Å². The first-order valence-corrected chi connectivity index (χ1v) is 6.37. The van der Waals surface area contributed by atoms with Crippen LogP contribution in [0.4, 0.5) is 0 Å². The maximum atomic E-state index is 2.71. The van der Waals surface area contributed by atoms with E-state index in [0.29, 0.717) is 5.54 Å². The van der Waals surface area contributed by atoms with E-state index in [2.05, 4.69) is 25.7 Å². The third kappa shape index (κ3) is 1.84. The van der Waals surface area contributed by atoms with Crippen LogP contribution in [0.3, 0.4) is 0 Å². The monoisotopic (exact) mass is 195 g/mol. The van der Waals surface area contributed by atoms with Crippen LogP contribution in [0.2, 0.25) is 0 Å². The molecule has 0 radical (unpaired) electrons. The van der Waals surface area contributed by atoms with Crippen molar-refractivity contribution in [1.29, 1.82) is 0 Å². The van der Waals surface area contributed by atoms with Gasteiger partial charge in [-0.25, -0.2) is 0 Å². The zero-order valence-corrected chi connectivity index (χ0v) is 10.1. The fourth-order valence-electron chi connectivity index (χ4n) is 3.10. The van der Waals surface area contributed by atoms with Crippen molar-refractivity contribution in [3.63, 3.8) is 0 Å². The molecular weight excluding hydrogens is 170 g/mol. The van der Waals surface area contributed by atoms with Crippen LogP contribution in [0, 0.1) is 11.8 Å². The maximum absolute atomic E-state index is 2.71. The summed E-state index contributed by atoms with van der Waals surface area (Å²) in [6.07, 6.45) is 7.24. The molecule has 2 rings (SSSR count). The zero-order chi connectivity index (χ0) is 10.2. The first-order valence-electron chi connectivity index (χ1n) is 6.37. The molecule has 0 atom stereocenters. The summed E-state index contributed by atoms with van der Waals surface area (Å²) in [4.78, 5) is 2.71. The molecule has 1 heterocycles. The molecule has 0 N–H and O–H groups in total. The van der Waals surface area contributed by atoms with Gasteiger partial charge >= 0.3 is 0 Å². The molecule has 1 saturated carbocycles. The van der Waals surface area contributed by atoms with E-state index in [9.17, 15) is 0 Å². The van der Waals surface area contributed by atoms with Crippen molar-refractivity contribution in [3.05, 3.63) is 0 Å². The summed E-state index contributed by atoms with van der Waals surface area (Å²) in [5.41, 5.74) is 0.573. The highest BCUT2D eigenvalue weighted by molar-refractivity contribution is 4.94. The Balaban J connectivity index is 1.87. The predicted octanol–water partition coefficient (Wildman–Crippen LogP) is 3.30. The van der Waals surface area contributed by atoms with Crippen LogP contribution in [0.25, 0.3) is 0 Å². The first kappa shape index (κ1) is 10.5. The summed E-state index contributed by atoms with van der Waals surface area (Å²) in [6.45, 7) is 9.99. The largest absolute Gasteiger partial charge is 0.298 e. The van der Waals surface area contributed by atoms with Gasteiger partial charge in [-0.3, -0.25) is 4.90 Å². The van der Waals surface area contributed by atoms with E-state index in [1.165, 1.54) is 45.2 Å². The van der Waals surface area contributed by atoms with Gasteiger partial charge in [0.1, 0.15) is 0 Å². The molecule has 14 heavy (non-hydrogen) atoms. The summed E-state index contributed by atoms with van der Waals surface area (Å²) >= 11 is 0. The topological polar surface area (TPSA) is 3.24 Å². The second-order valence-electron chi connectivity index (χ2n) is 5.92. The second kappa shape index (κ2) is 3.84. The average molecular weight is 195 g/mol. The Morgan fingerprint density at radius 2 is 1.71 bits per heavy atom. The SMILES string of the molecule is CC(C)C1CCC(C)(N2CCC2)CC1. The number of hydrogen-bond donors (Lipinski definition) is 0. The minimum Gasteiger partial charge on any atom is -0.298 e. The molecule has 0 aromatic carbocycles. The van der Waals surface area contributed by atoms with Crippen molar-refractivity contribution in [3.8, 4) is 0 Å². The number of likely N-dealkylation sites (tertiary alicyclic amines) is 1.